The van der Waals surface area contributed by atoms with Crippen LogP contribution in [0.3, 0.4) is 0 Å². The molecule has 3 aromatic rings. The number of hydrogen-bond acceptors (Lipinski definition) is 11. The monoisotopic (exact) mass is 518 g/mol. The van der Waals surface area contributed by atoms with Crippen molar-refractivity contribution in [2.75, 3.05) is 35.2 Å². The lowest BCUT2D eigenvalue weighted by atomic mass is 10.2. The SMILES string of the molecule is CCOC(=O)C1=CNC(C)(Nc2nc(NCCc3ccncc3)c3c(n2)N(Cc2cccnc2)CC3)S1. The molecule has 0 saturated carbocycles. The van der Waals surface area contributed by atoms with E-state index in [4.69, 9.17) is 14.7 Å². The molecule has 0 radical (unpaired) electrons. The number of pyridine rings is 2. The fraction of sp³-hybridized carbons (Fsp3) is 0.346. The first-order valence-electron chi connectivity index (χ1n) is 12.3. The van der Waals surface area contributed by atoms with E-state index in [1.54, 1.807) is 19.3 Å². The summed E-state index contributed by atoms with van der Waals surface area (Å²) in [6.07, 6.45) is 10.7. The lowest BCUT2D eigenvalue weighted by Crippen LogP contribution is -2.41. The van der Waals surface area contributed by atoms with Crippen molar-refractivity contribution in [2.24, 2.45) is 0 Å². The highest BCUT2D eigenvalue weighted by molar-refractivity contribution is 8.05. The molecule has 0 aliphatic carbocycles. The van der Waals surface area contributed by atoms with Crippen molar-refractivity contribution in [3.63, 3.8) is 0 Å². The molecular weight excluding hydrogens is 488 g/mol. The largest absolute Gasteiger partial charge is 0.462 e. The van der Waals surface area contributed by atoms with Gasteiger partial charge in [-0.1, -0.05) is 17.8 Å². The van der Waals surface area contributed by atoms with Gasteiger partial charge in [-0.15, -0.1) is 0 Å². The number of thioether (sulfide) groups is 1. The van der Waals surface area contributed by atoms with Gasteiger partial charge in [0.15, 0.2) is 4.99 Å². The summed E-state index contributed by atoms with van der Waals surface area (Å²) in [5.41, 5.74) is 3.44. The highest BCUT2D eigenvalue weighted by Crippen LogP contribution is 2.38. The Kier molecular flexibility index (Phi) is 7.40. The Hall–Kier alpha value is -3.86. The maximum absolute atomic E-state index is 12.2. The van der Waals surface area contributed by atoms with Gasteiger partial charge in [-0.2, -0.15) is 9.97 Å². The minimum Gasteiger partial charge on any atom is -0.462 e. The van der Waals surface area contributed by atoms with Crippen LogP contribution in [0.2, 0.25) is 0 Å². The van der Waals surface area contributed by atoms with E-state index >= 15 is 0 Å². The van der Waals surface area contributed by atoms with E-state index in [-0.39, 0.29) is 5.97 Å². The number of hydrogen-bond donors (Lipinski definition) is 3. The molecule has 2 aliphatic heterocycles. The lowest BCUT2D eigenvalue weighted by molar-refractivity contribution is -0.137. The van der Waals surface area contributed by atoms with Gasteiger partial charge in [-0.3, -0.25) is 9.97 Å². The average molecular weight is 519 g/mol. The van der Waals surface area contributed by atoms with Gasteiger partial charge < -0.3 is 25.6 Å². The number of aromatic nitrogens is 4. The summed E-state index contributed by atoms with van der Waals surface area (Å²) in [6.45, 7) is 6.36. The van der Waals surface area contributed by atoms with Gasteiger partial charge in [0.2, 0.25) is 5.95 Å². The van der Waals surface area contributed by atoms with E-state index in [9.17, 15) is 4.79 Å². The number of ether oxygens (including phenoxy) is 1. The van der Waals surface area contributed by atoms with Crippen molar-refractivity contribution < 1.29 is 9.53 Å². The predicted molar refractivity (Wildman–Crippen MR) is 145 cm³/mol. The minimum absolute atomic E-state index is 0.329. The van der Waals surface area contributed by atoms with Crippen LogP contribution in [-0.2, 0) is 28.9 Å². The predicted octanol–water partition coefficient (Wildman–Crippen LogP) is 3.31. The van der Waals surface area contributed by atoms with Crippen LogP contribution in [0.1, 0.15) is 30.5 Å². The van der Waals surface area contributed by atoms with E-state index in [0.717, 1.165) is 48.7 Å². The molecule has 10 nitrogen and oxygen atoms in total. The smallest absolute Gasteiger partial charge is 0.346 e. The highest BCUT2D eigenvalue weighted by atomic mass is 32.2. The fourth-order valence-corrected chi connectivity index (χ4v) is 5.28. The van der Waals surface area contributed by atoms with Crippen LogP contribution < -0.4 is 20.9 Å². The van der Waals surface area contributed by atoms with Gasteiger partial charge in [0.1, 0.15) is 16.5 Å². The summed E-state index contributed by atoms with van der Waals surface area (Å²) >= 11 is 1.35. The molecular formula is C26H30N8O2S. The maximum Gasteiger partial charge on any atom is 0.346 e. The van der Waals surface area contributed by atoms with Crippen LogP contribution in [0, 0.1) is 0 Å². The second kappa shape index (κ2) is 11.0. The van der Waals surface area contributed by atoms with E-state index in [1.165, 1.54) is 17.3 Å². The topological polar surface area (TPSA) is 117 Å². The Labute approximate surface area is 220 Å². The first kappa shape index (κ1) is 24.8. The van der Waals surface area contributed by atoms with Crippen LogP contribution in [-0.4, -0.2) is 50.6 Å². The molecule has 2 aliphatic rings. The molecule has 0 aromatic carbocycles. The van der Waals surface area contributed by atoms with Gasteiger partial charge in [-0.25, -0.2) is 4.79 Å². The second-order valence-corrected chi connectivity index (χ2v) is 10.4. The number of esters is 1. The summed E-state index contributed by atoms with van der Waals surface area (Å²) in [7, 11) is 0. The molecule has 1 unspecified atom stereocenters. The van der Waals surface area contributed by atoms with E-state index < -0.39 is 4.99 Å². The number of rotatable bonds is 10. The van der Waals surface area contributed by atoms with Crippen LogP contribution in [0.5, 0.6) is 0 Å². The van der Waals surface area contributed by atoms with E-state index in [2.05, 4.69) is 36.9 Å². The highest BCUT2D eigenvalue weighted by Gasteiger charge is 2.35. The number of carbonyl (C=O) groups is 1. The van der Waals surface area contributed by atoms with Crippen molar-refractivity contribution in [1.82, 2.24) is 25.3 Å². The zero-order valence-corrected chi connectivity index (χ0v) is 21.7. The van der Waals surface area contributed by atoms with Crippen LogP contribution in [0.15, 0.2) is 60.2 Å². The molecule has 5 heterocycles. The summed E-state index contributed by atoms with van der Waals surface area (Å²) in [6, 6.07) is 8.06. The van der Waals surface area contributed by atoms with Crippen LogP contribution in [0.25, 0.3) is 0 Å². The van der Waals surface area contributed by atoms with Crippen molar-refractivity contribution in [3.8, 4) is 0 Å². The zero-order chi connectivity index (χ0) is 25.7. The molecule has 3 aromatic heterocycles. The van der Waals surface area contributed by atoms with Gasteiger partial charge in [0.25, 0.3) is 0 Å². The van der Waals surface area contributed by atoms with Gasteiger partial charge in [0, 0.05) is 56.2 Å². The third-order valence-corrected chi connectivity index (χ3v) is 7.22. The van der Waals surface area contributed by atoms with Crippen LogP contribution >= 0.6 is 11.8 Å². The van der Waals surface area contributed by atoms with Gasteiger partial charge in [-0.05, 0) is 56.0 Å². The Bertz CT molecular complexity index is 1270. The quantitative estimate of drug-likeness (QED) is 0.343. The number of anilines is 3. The van der Waals surface area contributed by atoms with Crippen LogP contribution in [0.4, 0.5) is 17.6 Å². The van der Waals surface area contributed by atoms with E-state index in [0.29, 0.717) is 24.0 Å². The third kappa shape index (κ3) is 5.93. The molecule has 1 atom stereocenters. The van der Waals surface area contributed by atoms with Crippen molar-refractivity contribution in [3.05, 3.63) is 76.8 Å². The summed E-state index contributed by atoms with van der Waals surface area (Å²) in [4.78, 5) is 32.4. The standard InChI is InChI=1S/C26H30N8O2S/c1-3-36-24(35)21-16-30-26(2,37-21)33-25-31-22(29-13-8-18-6-11-27-12-7-18)20-9-14-34(23(20)32-25)17-19-5-4-10-28-15-19/h4-7,10-12,15-16,30H,3,8-9,13-14,17H2,1-2H3,(H2,29,31,32,33). The van der Waals surface area contributed by atoms with E-state index in [1.807, 2.05) is 43.7 Å². The molecule has 3 N–H and O–H groups in total. The Morgan fingerprint density at radius 1 is 1.19 bits per heavy atom. The maximum atomic E-state index is 12.2. The normalized spacial score (nSPS) is 18.1. The van der Waals surface area contributed by atoms with Crippen molar-refractivity contribution >= 4 is 35.3 Å². The van der Waals surface area contributed by atoms with Gasteiger partial charge >= 0.3 is 5.97 Å². The number of nitrogens with zero attached hydrogens (tertiary/aromatic N) is 5. The molecule has 0 fully saturated rings. The fourth-order valence-electron chi connectivity index (χ4n) is 4.32. The number of nitrogens with one attached hydrogen (secondary N) is 3. The molecule has 5 rings (SSSR count). The van der Waals surface area contributed by atoms with Crippen molar-refractivity contribution in [2.45, 2.75) is 38.2 Å². The molecule has 37 heavy (non-hydrogen) atoms. The second-order valence-electron chi connectivity index (χ2n) is 8.90. The number of fused-ring (bicyclic) bond motifs is 1. The third-order valence-electron chi connectivity index (χ3n) is 6.09. The Morgan fingerprint density at radius 2 is 2.05 bits per heavy atom. The lowest BCUT2D eigenvalue weighted by Gasteiger charge is -2.27. The first-order valence-corrected chi connectivity index (χ1v) is 13.1. The first-order chi connectivity index (χ1) is 18.0. The molecule has 0 bridgehead atoms. The summed E-state index contributed by atoms with van der Waals surface area (Å²) < 4.78 is 5.15. The molecule has 0 amide bonds. The van der Waals surface area contributed by atoms with Gasteiger partial charge in [0.05, 0.1) is 6.61 Å². The summed E-state index contributed by atoms with van der Waals surface area (Å²) in [5.74, 6) is 1.85. The molecule has 192 valence electrons. The Morgan fingerprint density at radius 3 is 2.84 bits per heavy atom. The zero-order valence-electron chi connectivity index (χ0n) is 20.9. The summed E-state index contributed by atoms with van der Waals surface area (Å²) in [5, 5.41) is 10.2. The average Bonchev–Trinajstić information content (AvgIpc) is 3.49. The Balaban J connectivity index is 1.37. The molecule has 11 heteroatoms. The minimum atomic E-state index is -0.697. The number of carbonyl (C=O) groups excluding carboxylic acids is 1. The van der Waals surface area contributed by atoms with Crippen molar-refractivity contribution in [1.29, 1.82) is 0 Å². The molecule has 0 saturated heterocycles. The molecule has 0 spiro atoms.